The highest BCUT2D eigenvalue weighted by Gasteiger charge is 2.12. The van der Waals surface area contributed by atoms with Gasteiger partial charge in [0.15, 0.2) is 5.82 Å². The molecule has 1 aromatic heterocycles. The summed E-state index contributed by atoms with van der Waals surface area (Å²) in [5, 5.41) is 2.19. The zero-order valence-corrected chi connectivity index (χ0v) is 11.9. The number of aromatic nitrogens is 2. The number of nitrogens with zero attached hydrogens (tertiary/aromatic N) is 2. The Hall–Kier alpha value is -2.46. The van der Waals surface area contributed by atoms with Crippen molar-refractivity contribution in [2.75, 3.05) is 0 Å². The fourth-order valence-electron chi connectivity index (χ4n) is 2.32. The van der Waals surface area contributed by atoms with E-state index in [1.165, 1.54) is 0 Å². The SMILES string of the molecule is C[C@@H](N)c1ccc2ccccc2c1OCc1ncccn1. The molecule has 3 rings (SSSR count). The number of rotatable bonds is 4. The maximum Gasteiger partial charge on any atom is 0.166 e. The molecule has 4 nitrogen and oxygen atoms in total. The zero-order chi connectivity index (χ0) is 14.7. The molecule has 21 heavy (non-hydrogen) atoms. The number of benzene rings is 2. The van der Waals surface area contributed by atoms with E-state index in [9.17, 15) is 0 Å². The molecule has 2 aromatic carbocycles. The summed E-state index contributed by atoms with van der Waals surface area (Å²) in [7, 11) is 0. The van der Waals surface area contributed by atoms with E-state index >= 15 is 0 Å². The highest BCUT2D eigenvalue weighted by atomic mass is 16.5. The summed E-state index contributed by atoms with van der Waals surface area (Å²) in [6, 6.07) is 13.9. The van der Waals surface area contributed by atoms with Crippen molar-refractivity contribution in [3.05, 3.63) is 66.2 Å². The largest absolute Gasteiger partial charge is 0.485 e. The van der Waals surface area contributed by atoms with E-state index in [2.05, 4.69) is 22.1 Å². The lowest BCUT2D eigenvalue weighted by molar-refractivity contribution is 0.295. The molecule has 0 aliphatic carbocycles. The Morgan fingerprint density at radius 2 is 1.81 bits per heavy atom. The Bertz CT molecular complexity index is 741. The van der Waals surface area contributed by atoms with Crippen molar-refractivity contribution in [1.82, 2.24) is 9.97 Å². The van der Waals surface area contributed by atoms with Gasteiger partial charge in [0.25, 0.3) is 0 Å². The van der Waals surface area contributed by atoms with Gasteiger partial charge in [-0.1, -0.05) is 36.4 Å². The molecule has 0 saturated carbocycles. The van der Waals surface area contributed by atoms with Crippen LogP contribution in [0.15, 0.2) is 54.9 Å². The molecule has 0 unspecified atom stereocenters. The van der Waals surface area contributed by atoms with E-state index in [4.69, 9.17) is 10.5 Å². The minimum absolute atomic E-state index is 0.0960. The van der Waals surface area contributed by atoms with E-state index in [1.54, 1.807) is 18.5 Å². The minimum atomic E-state index is -0.0960. The second kappa shape index (κ2) is 5.89. The average molecular weight is 279 g/mol. The third-order valence-electron chi connectivity index (χ3n) is 3.37. The zero-order valence-electron chi connectivity index (χ0n) is 11.9. The first kappa shape index (κ1) is 13.5. The molecule has 0 fully saturated rings. The fourth-order valence-corrected chi connectivity index (χ4v) is 2.32. The molecule has 0 aliphatic heterocycles. The maximum atomic E-state index is 6.06. The molecule has 1 heterocycles. The van der Waals surface area contributed by atoms with Crippen molar-refractivity contribution in [2.45, 2.75) is 19.6 Å². The standard InChI is InChI=1S/C17H17N3O/c1-12(18)14-8-7-13-5-2-3-6-15(13)17(14)21-11-16-19-9-4-10-20-16/h2-10,12H,11,18H2,1H3/t12-/m1/s1. The van der Waals surface area contributed by atoms with Crippen LogP contribution in [-0.2, 0) is 6.61 Å². The maximum absolute atomic E-state index is 6.06. The molecule has 0 aliphatic rings. The summed E-state index contributed by atoms with van der Waals surface area (Å²) in [4.78, 5) is 8.36. The second-order valence-electron chi connectivity index (χ2n) is 4.95. The van der Waals surface area contributed by atoms with E-state index in [1.807, 2.05) is 31.2 Å². The first-order chi connectivity index (χ1) is 10.3. The predicted molar refractivity (Wildman–Crippen MR) is 82.9 cm³/mol. The van der Waals surface area contributed by atoms with Crippen molar-refractivity contribution in [3.8, 4) is 5.75 Å². The van der Waals surface area contributed by atoms with Crippen molar-refractivity contribution in [1.29, 1.82) is 0 Å². The number of hydrogen-bond acceptors (Lipinski definition) is 4. The first-order valence-electron chi connectivity index (χ1n) is 6.91. The Labute approximate surface area is 123 Å². The lowest BCUT2D eigenvalue weighted by Crippen LogP contribution is -2.09. The van der Waals surface area contributed by atoms with Gasteiger partial charge in [-0.05, 0) is 18.4 Å². The van der Waals surface area contributed by atoms with Gasteiger partial charge < -0.3 is 10.5 Å². The van der Waals surface area contributed by atoms with Gasteiger partial charge in [0.2, 0.25) is 0 Å². The molecule has 0 saturated heterocycles. The van der Waals surface area contributed by atoms with Crippen LogP contribution in [0.1, 0.15) is 24.4 Å². The third kappa shape index (κ3) is 2.85. The fraction of sp³-hybridized carbons (Fsp3) is 0.176. The smallest absolute Gasteiger partial charge is 0.166 e. The van der Waals surface area contributed by atoms with E-state index in [0.29, 0.717) is 12.4 Å². The summed E-state index contributed by atoms with van der Waals surface area (Å²) in [5.74, 6) is 1.47. The van der Waals surface area contributed by atoms with Crippen LogP contribution in [0.3, 0.4) is 0 Å². The third-order valence-corrected chi connectivity index (χ3v) is 3.37. The minimum Gasteiger partial charge on any atom is -0.485 e. The first-order valence-corrected chi connectivity index (χ1v) is 6.91. The molecular formula is C17H17N3O. The number of nitrogens with two attached hydrogens (primary N) is 1. The van der Waals surface area contributed by atoms with Crippen LogP contribution >= 0.6 is 0 Å². The Morgan fingerprint density at radius 3 is 2.57 bits per heavy atom. The molecule has 106 valence electrons. The molecule has 0 amide bonds. The van der Waals surface area contributed by atoms with Crippen LogP contribution < -0.4 is 10.5 Å². The quantitative estimate of drug-likeness (QED) is 0.796. The van der Waals surface area contributed by atoms with E-state index in [-0.39, 0.29) is 6.04 Å². The topological polar surface area (TPSA) is 61.0 Å². The van der Waals surface area contributed by atoms with Crippen molar-refractivity contribution in [2.24, 2.45) is 5.73 Å². The lowest BCUT2D eigenvalue weighted by Gasteiger charge is -2.16. The second-order valence-corrected chi connectivity index (χ2v) is 4.95. The summed E-state index contributed by atoms with van der Waals surface area (Å²) >= 11 is 0. The average Bonchev–Trinajstić information content (AvgIpc) is 2.53. The van der Waals surface area contributed by atoms with Gasteiger partial charge in [-0.25, -0.2) is 9.97 Å². The van der Waals surface area contributed by atoms with Gasteiger partial charge in [0, 0.05) is 29.4 Å². The molecule has 0 radical (unpaired) electrons. The number of hydrogen-bond donors (Lipinski definition) is 1. The Balaban J connectivity index is 2.00. The van der Waals surface area contributed by atoms with Crippen molar-refractivity contribution in [3.63, 3.8) is 0 Å². The van der Waals surface area contributed by atoms with Crippen molar-refractivity contribution >= 4 is 10.8 Å². The Kier molecular flexibility index (Phi) is 3.79. The molecule has 0 spiro atoms. The van der Waals surface area contributed by atoms with E-state index < -0.39 is 0 Å². The van der Waals surface area contributed by atoms with Gasteiger partial charge in [-0.2, -0.15) is 0 Å². The van der Waals surface area contributed by atoms with Crippen LogP contribution in [0, 0.1) is 0 Å². The molecule has 2 N–H and O–H groups in total. The molecule has 1 atom stereocenters. The van der Waals surface area contributed by atoms with Crippen LogP contribution in [0.5, 0.6) is 5.75 Å². The number of fused-ring (bicyclic) bond motifs is 1. The summed E-state index contributed by atoms with van der Waals surface area (Å²) in [6.45, 7) is 2.28. The molecule has 4 heteroatoms. The summed E-state index contributed by atoms with van der Waals surface area (Å²) in [5.41, 5.74) is 7.05. The van der Waals surface area contributed by atoms with Gasteiger partial charge in [0.05, 0.1) is 0 Å². The molecule has 0 bridgehead atoms. The number of ether oxygens (including phenoxy) is 1. The molecule has 3 aromatic rings. The van der Waals surface area contributed by atoms with Crippen LogP contribution in [0.4, 0.5) is 0 Å². The van der Waals surface area contributed by atoms with Gasteiger partial charge >= 0.3 is 0 Å². The van der Waals surface area contributed by atoms with Crippen LogP contribution in [-0.4, -0.2) is 9.97 Å². The predicted octanol–water partition coefficient (Wildman–Crippen LogP) is 3.23. The highest BCUT2D eigenvalue weighted by molar-refractivity contribution is 5.89. The van der Waals surface area contributed by atoms with Gasteiger partial charge in [0.1, 0.15) is 12.4 Å². The van der Waals surface area contributed by atoms with Crippen molar-refractivity contribution < 1.29 is 4.74 Å². The van der Waals surface area contributed by atoms with Gasteiger partial charge in [-0.3, -0.25) is 0 Å². The monoisotopic (exact) mass is 279 g/mol. The van der Waals surface area contributed by atoms with E-state index in [0.717, 1.165) is 22.1 Å². The molecular weight excluding hydrogens is 262 g/mol. The normalized spacial score (nSPS) is 12.3. The van der Waals surface area contributed by atoms with Gasteiger partial charge in [-0.15, -0.1) is 0 Å². The summed E-state index contributed by atoms with van der Waals surface area (Å²) in [6.07, 6.45) is 3.42. The van der Waals surface area contributed by atoms with Crippen LogP contribution in [0.25, 0.3) is 10.8 Å². The Morgan fingerprint density at radius 1 is 1.05 bits per heavy atom. The van der Waals surface area contributed by atoms with Crippen LogP contribution in [0.2, 0.25) is 0 Å². The highest BCUT2D eigenvalue weighted by Crippen LogP contribution is 2.33. The lowest BCUT2D eigenvalue weighted by atomic mass is 10.0. The summed E-state index contributed by atoms with van der Waals surface area (Å²) < 4.78 is 5.99.